The number of hydrogen-bond acceptors (Lipinski definition) is 3. The van der Waals surface area contributed by atoms with Gasteiger partial charge in [-0.05, 0) is 37.1 Å². The van der Waals surface area contributed by atoms with E-state index in [1.807, 2.05) is 12.3 Å². The molecule has 3 atom stereocenters. The zero-order chi connectivity index (χ0) is 13.2. The van der Waals surface area contributed by atoms with Crippen LogP contribution in [0, 0.1) is 11.8 Å². The number of piperidine rings is 1. The van der Waals surface area contributed by atoms with Crippen molar-refractivity contribution in [3.05, 3.63) is 35.8 Å². The highest BCUT2D eigenvalue weighted by Gasteiger charge is 2.39. The minimum absolute atomic E-state index is 0.378. The molecule has 0 N–H and O–H groups in total. The standard InChI is InChI=1S/C16H23NO2/c1-3-7-17-8-6-16-15(10-17)14-9-13(18-2)5-4-12(14)11-19-16/h4-5,9,11,14-16H,3,6-8,10H2,1-2H3. The fourth-order valence-corrected chi connectivity index (χ4v) is 3.47. The smallest absolute Gasteiger partial charge is 0.115 e. The van der Waals surface area contributed by atoms with E-state index in [0.717, 1.165) is 18.7 Å². The Morgan fingerprint density at radius 1 is 1.42 bits per heavy atom. The van der Waals surface area contributed by atoms with Crippen LogP contribution in [0.5, 0.6) is 0 Å². The third-order valence-corrected chi connectivity index (χ3v) is 4.46. The lowest BCUT2D eigenvalue weighted by Gasteiger charge is -2.44. The maximum Gasteiger partial charge on any atom is 0.115 e. The molecule has 3 unspecified atom stereocenters. The summed E-state index contributed by atoms with van der Waals surface area (Å²) < 4.78 is 11.3. The van der Waals surface area contributed by atoms with Gasteiger partial charge in [0.2, 0.25) is 0 Å². The van der Waals surface area contributed by atoms with Gasteiger partial charge in [-0.2, -0.15) is 0 Å². The minimum atomic E-state index is 0.378. The van der Waals surface area contributed by atoms with Crippen LogP contribution in [0.25, 0.3) is 0 Å². The van der Waals surface area contributed by atoms with Crippen molar-refractivity contribution in [2.24, 2.45) is 11.8 Å². The van der Waals surface area contributed by atoms with Gasteiger partial charge in [0.1, 0.15) is 11.9 Å². The van der Waals surface area contributed by atoms with Gasteiger partial charge < -0.3 is 14.4 Å². The quantitative estimate of drug-likeness (QED) is 0.779. The predicted octanol–water partition coefficient (Wildman–Crippen LogP) is 2.72. The van der Waals surface area contributed by atoms with E-state index in [1.54, 1.807) is 7.11 Å². The zero-order valence-electron chi connectivity index (χ0n) is 11.8. The highest BCUT2D eigenvalue weighted by Crippen LogP contribution is 2.39. The van der Waals surface area contributed by atoms with Crippen molar-refractivity contribution in [3.8, 4) is 0 Å². The number of nitrogens with zero attached hydrogens (tertiary/aromatic N) is 1. The van der Waals surface area contributed by atoms with Crippen molar-refractivity contribution >= 4 is 0 Å². The first-order valence-electron chi connectivity index (χ1n) is 7.33. The number of rotatable bonds is 3. The molecule has 3 heteroatoms. The van der Waals surface area contributed by atoms with Crippen LogP contribution in [-0.2, 0) is 9.47 Å². The molecule has 1 fully saturated rings. The van der Waals surface area contributed by atoms with E-state index in [4.69, 9.17) is 9.47 Å². The largest absolute Gasteiger partial charge is 0.497 e. The molecule has 104 valence electrons. The van der Waals surface area contributed by atoms with Crippen LogP contribution < -0.4 is 0 Å². The Kier molecular flexibility index (Phi) is 3.65. The maximum atomic E-state index is 5.94. The summed E-state index contributed by atoms with van der Waals surface area (Å²) in [5.74, 6) is 2.00. The number of fused-ring (bicyclic) bond motifs is 3. The van der Waals surface area contributed by atoms with Crippen molar-refractivity contribution < 1.29 is 9.47 Å². The van der Waals surface area contributed by atoms with Gasteiger partial charge in [0.05, 0.1) is 13.4 Å². The molecule has 2 heterocycles. The lowest BCUT2D eigenvalue weighted by atomic mass is 9.76. The predicted molar refractivity (Wildman–Crippen MR) is 75.5 cm³/mol. The molecular formula is C16H23NO2. The molecule has 3 rings (SSSR count). The van der Waals surface area contributed by atoms with E-state index in [0.29, 0.717) is 17.9 Å². The normalized spacial score (nSPS) is 33.7. The van der Waals surface area contributed by atoms with E-state index in [2.05, 4.69) is 24.0 Å². The van der Waals surface area contributed by atoms with Crippen LogP contribution in [0.2, 0.25) is 0 Å². The van der Waals surface area contributed by atoms with Gasteiger partial charge in [0, 0.05) is 24.9 Å². The van der Waals surface area contributed by atoms with Crippen LogP contribution in [-0.4, -0.2) is 37.7 Å². The van der Waals surface area contributed by atoms with E-state index >= 15 is 0 Å². The third-order valence-electron chi connectivity index (χ3n) is 4.46. The van der Waals surface area contributed by atoms with Crippen LogP contribution in [0.3, 0.4) is 0 Å². The molecule has 19 heavy (non-hydrogen) atoms. The van der Waals surface area contributed by atoms with E-state index in [1.165, 1.54) is 25.1 Å². The van der Waals surface area contributed by atoms with Crippen molar-refractivity contribution in [3.63, 3.8) is 0 Å². The van der Waals surface area contributed by atoms with Gasteiger partial charge in [-0.25, -0.2) is 0 Å². The Balaban J connectivity index is 1.80. The molecule has 0 radical (unpaired) electrons. The van der Waals surface area contributed by atoms with Crippen molar-refractivity contribution in [2.75, 3.05) is 26.7 Å². The van der Waals surface area contributed by atoms with Gasteiger partial charge >= 0.3 is 0 Å². The van der Waals surface area contributed by atoms with Crippen LogP contribution in [0.1, 0.15) is 19.8 Å². The van der Waals surface area contributed by atoms with Crippen LogP contribution >= 0.6 is 0 Å². The monoisotopic (exact) mass is 261 g/mol. The summed E-state index contributed by atoms with van der Waals surface area (Å²) in [5, 5.41) is 0. The van der Waals surface area contributed by atoms with Crippen molar-refractivity contribution in [2.45, 2.75) is 25.9 Å². The second-order valence-corrected chi connectivity index (χ2v) is 5.68. The summed E-state index contributed by atoms with van der Waals surface area (Å²) in [6.45, 7) is 5.76. The number of methoxy groups -OCH3 is 1. The second-order valence-electron chi connectivity index (χ2n) is 5.68. The summed E-state index contributed by atoms with van der Waals surface area (Å²) in [6.07, 6.45) is 11.1. The van der Waals surface area contributed by atoms with E-state index < -0.39 is 0 Å². The highest BCUT2D eigenvalue weighted by molar-refractivity contribution is 5.37. The Morgan fingerprint density at radius 3 is 3.11 bits per heavy atom. The fraction of sp³-hybridized carbons (Fsp3) is 0.625. The molecule has 1 aliphatic carbocycles. The Hall–Kier alpha value is -1.22. The molecule has 0 amide bonds. The highest BCUT2D eigenvalue weighted by atomic mass is 16.5. The molecule has 3 nitrogen and oxygen atoms in total. The summed E-state index contributed by atoms with van der Waals surface area (Å²) in [5.41, 5.74) is 1.29. The van der Waals surface area contributed by atoms with E-state index in [-0.39, 0.29) is 0 Å². The Bertz CT molecular complexity index is 424. The molecule has 0 bridgehead atoms. The number of ether oxygens (including phenoxy) is 2. The lowest BCUT2D eigenvalue weighted by molar-refractivity contribution is -0.0118. The first-order valence-corrected chi connectivity index (χ1v) is 7.33. The van der Waals surface area contributed by atoms with Crippen LogP contribution in [0.4, 0.5) is 0 Å². The molecule has 0 saturated carbocycles. The fourth-order valence-electron chi connectivity index (χ4n) is 3.47. The maximum absolute atomic E-state index is 5.94. The Labute approximate surface area is 115 Å². The topological polar surface area (TPSA) is 21.7 Å². The van der Waals surface area contributed by atoms with Gasteiger partial charge in [-0.1, -0.05) is 13.0 Å². The number of likely N-dealkylation sites (tertiary alicyclic amines) is 1. The van der Waals surface area contributed by atoms with Crippen molar-refractivity contribution in [1.82, 2.24) is 4.90 Å². The summed E-state index contributed by atoms with van der Waals surface area (Å²) in [4.78, 5) is 2.58. The summed E-state index contributed by atoms with van der Waals surface area (Å²) in [7, 11) is 1.74. The Morgan fingerprint density at radius 2 is 2.32 bits per heavy atom. The number of hydrogen-bond donors (Lipinski definition) is 0. The van der Waals surface area contributed by atoms with E-state index in [9.17, 15) is 0 Å². The van der Waals surface area contributed by atoms with Gasteiger partial charge in [0.25, 0.3) is 0 Å². The lowest BCUT2D eigenvalue weighted by Crippen LogP contribution is -2.48. The average Bonchev–Trinajstić information content (AvgIpc) is 2.47. The molecule has 0 aromatic heterocycles. The molecule has 1 saturated heterocycles. The van der Waals surface area contributed by atoms with Crippen molar-refractivity contribution in [1.29, 1.82) is 0 Å². The molecular weight excluding hydrogens is 238 g/mol. The third kappa shape index (κ3) is 2.44. The van der Waals surface area contributed by atoms with Gasteiger partial charge in [-0.3, -0.25) is 0 Å². The summed E-state index contributed by atoms with van der Waals surface area (Å²) >= 11 is 0. The number of allylic oxidation sites excluding steroid dienone is 4. The van der Waals surface area contributed by atoms with Crippen LogP contribution in [0.15, 0.2) is 35.8 Å². The molecule has 0 aromatic rings. The molecule has 3 aliphatic rings. The molecule has 0 spiro atoms. The second kappa shape index (κ2) is 5.41. The zero-order valence-corrected chi connectivity index (χ0v) is 11.8. The molecule has 0 aromatic carbocycles. The SMILES string of the molecule is CCCN1CCC2OC=C3C=CC(OC)=CC3C2C1. The summed E-state index contributed by atoms with van der Waals surface area (Å²) in [6, 6.07) is 0. The first kappa shape index (κ1) is 12.8. The van der Waals surface area contributed by atoms with Gasteiger partial charge in [0.15, 0.2) is 0 Å². The van der Waals surface area contributed by atoms with Gasteiger partial charge in [-0.15, -0.1) is 0 Å². The minimum Gasteiger partial charge on any atom is -0.497 e. The first-order chi connectivity index (χ1) is 9.31. The molecule has 2 aliphatic heterocycles. The average molecular weight is 261 g/mol.